The fourth-order valence-electron chi connectivity index (χ4n) is 0. The van der Waals surface area contributed by atoms with E-state index in [0.29, 0.717) is 0 Å². The molecule has 6 heteroatoms. The van der Waals surface area contributed by atoms with Gasteiger partial charge in [-0.2, -0.15) is 0 Å². The Hall–Kier alpha value is 0.485. The summed E-state index contributed by atoms with van der Waals surface area (Å²) in [5.74, 6) is 0. The fourth-order valence-corrected chi connectivity index (χ4v) is 0. The van der Waals surface area contributed by atoms with Gasteiger partial charge in [-0.1, -0.05) is 0 Å². The summed E-state index contributed by atoms with van der Waals surface area (Å²) in [7, 11) is 0. The van der Waals surface area contributed by atoms with Crippen molar-refractivity contribution in [2.24, 2.45) is 0 Å². The fraction of sp³-hybridized carbons (Fsp3) is 0. The maximum absolute atomic E-state index is 8.33. The molecule has 4 nitrogen and oxygen atoms in total. The minimum Gasteiger partial charge on any atom is -1.00 e. The Morgan fingerprint density at radius 1 is 1.29 bits per heavy atom. The third-order valence-corrected chi connectivity index (χ3v) is 0. The molecule has 0 atom stereocenters. The number of carbonyl (C=O) groups excluding carboxylic acids is 1. The van der Waals surface area contributed by atoms with Crippen LogP contribution in [0.4, 0.5) is 4.79 Å². The second-order valence-corrected chi connectivity index (χ2v) is 0.250. The van der Waals surface area contributed by atoms with Gasteiger partial charge >= 0.3 is 39.9 Å². The summed E-state index contributed by atoms with van der Waals surface area (Å²) in [6.45, 7) is 0. The molecule has 0 rings (SSSR count). The zero-order valence-corrected chi connectivity index (χ0v) is 5.17. The zero-order valence-electron chi connectivity index (χ0n) is 2.90. The molecule has 1 N–H and O–H groups in total. The largest absolute Gasteiger partial charge is 3.00 e. The van der Waals surface area contributed by atoms with Crippen LogP contribution >= 0.6 is 0 Å². The van der Waals surface area contributed by atoms with Crippen LogP contribution in [0.25, 0.3) is 0 Å². The number of hydrogen-bond donors (Lipinski definition) is 0. The molecule has 0 unspecified atom stereocenters. The van der Waals surface area contributed by atoms with Gasteiger partial charge in [0.05, 0.1) is 0 Å². The van der Waals surface area contributed by atoms with Crippen LogP contribution in [0.2, 0.25) is 0 Å². The van der Waals surface area contributed by atoms with E-state index in [9.17, 15) is 0 Å². The molecular weight excluding hydrogens is 252 g/mol. The molecule has 0 spiro atoms. The van der Waals surface area contributed by atoms with Crippen LogP contribution in [0.3, 0.4) is 0 Å². The Morgan fingerprint density at radius 3 is 1.29 bits per heavy atom. The van der Waals surface area contributed by atoms with Crippen molar-refractivity contribution in [2.75, 3.05) is 0 Å². The van der Waals surface area contributed by atoms with Crippen molar-refractivity contribution in [3.8, 4) is 0 Å². The van der Waals surface area contributed by atoms with Crippen LogP contribution < -0.4 is 14.9 Å². The molecule has 0 saturated carbocycles. The average molecular weight is 253 g/mol. The molecule has 1 radical (unpaired) electrons. The van der Waals surface area contributed by atoms with Gasteiger partial charge in [-0.25, -0.2) is 0 Å². The number of rotatable bonds is 0. The number of hydrogen-bond acceptors (Lipinski definition) is 4. The topological polar surface area (TPSA) is 93.2 Å². The van der Waals surface area contributed by atoms with Crippen molar-refractivity contribution < 1.29 is 65.1 Å². The Labute approximate surface area is 70.9 Å². The summed E-state index contributed by atoms with van der Waals surface area (Å²) < 4.78 is 0. The van der Waals surface area contributed by atoms with Crippen LogP contribution in [0.15, 0.2) is 0 Å². The third kappa shape index (κ3) is 555. The van der Waals surface area contributed by atoms with Crippen molar-refractivity contribution in [3.05, 3.63) is 0 Å². The maximum atomic E-state index is 8.33. The van der Waals surface area contributed by atoms with Gasteiger partial charge in [-0.15, -0.1) is 0 Å². The maximum Gasteiger partial charge on any atom is 3.00 e. The van der Waals surface area contributed by atoms with E-state index < -0.39 is 6.16 Å². The van der Waals surface area contributed by atoms with E-state index in [4.69, 9.17) is 15.0 Å². The standard InChI is InChI=1S/CH2O3.FH.Gd.H2O/c2-1(3)4;;;/h(H2,2,3,4);1H;;1H2/q;;+3;/p-4. The summed E-state index contributed by atoms with van der Waals surface area (Å²) in [6, 6.07) is 0. The summed E-state index contributed by atoms with van der Waals surface area (Å²) in [6.07, 6.45) is -2.33. The van der Waals surface area contributed by atoms with Crippen molar-refractivity contribution >= 4 is 6.16 Å². The molecule has 0 heterocycles. The van der Waals surface area contributed by atoms with Gasteiger partial charge in [0.15, 0.2) is 0 Å². The molecule has 0 bridgehead atoms. The number of carboxylic acid groups (broad SMARTS) is 2. The molecule has 0 amide bonds. The summed E-state index contributed by atoms with van der Waals surface area (Å²) in [5.41, 5.74) is 0. The van der Waals surface area contributed by atoms with E-state index >= 15 is 0 Å². The summed E-state index contributed by atoms with van der Waals surface area (Å²) in [4.78, 5) is 8.33. The molecular formula is CHFGdO4-. The SMILES string of the molecule is O=C([O-])[O-].[F-].[Gd+3].[OH-]. The normalized spacial score (nSPS) is 3.43. The van der Waals surface area contributed by atoms with Crippen LogP contribution in [0.1, 0.15) is 0 Å². The zero-order chi connectivity index (χ0) is 3.58. The first-order chi connectivity index (χ1) is 1.73. The second kappa shape index (κ2) is 16.1. The molecule has 0 aromatic rings. The van der Waals surface area contributed by atoms with Gasteiger partial charge < -0.3 is 25.2 Å². The Morgan fingerprint density at radius 2 is 1.29 bits per heavy atom. The third-order valence-electron chi connectivity index (χ3n) is 0. The molecule has 0 aromatic carbocycles. The smallest absolute Gasteiger partial charge is 1.00 e. The van der Waals surface area contributed by atoms with Crippen molar-refractivity contribution in [2.45, 2.75) is 0 Å². The van der Waals surface area contributed by atoms with E-state index in [1.807, 2.05) is 0 Å². The molecule has 0 aliphatic carbocycles. The van der Waals surface area contributed by atoms with Crippen molar-refractivity contribution in [1.82, 2.24) is 0 Å². The monoisotopic (exact) mass is 254 g/mol. The van der Waals surface area contributed by atoms with Gasteiger partial charge in [0.1, 0.15) is 0 Å². The van der Waals surface area contributed by atoms with Gasteiger partial charge in [-0.05, 0) is 6.16 Å². The quantitative estimate of drug-likeness (QED) is 0.430. The Balaban J connectivity index is -0.0000000150. The summed E-state index contributed by atoms with van der Waals surface area (Å²) >= 11 is 0. The number of halogens is 1. The molecule has 0 aliphatic heterocycles. The molecule has 0 saturated heterocycles. The van der Waals surface area contributed by atoms with Crippen LogP contribution in [0, 0.1) is 39.9 Å². The molecule has 0 aromatic heterocycles. The van der Waals surface area contributed by atoms with E-state index in [2.05, 4.69) is 0 Å². The first-order valence-corrected chi connectivity index (χ1v) is 0.612. The van der Waals surface area contributed by atoms with Crippen molar-refractivity contribution in [1.29, 1.82) is 0 Å². The van der Waals surface area contributed by atoms with Crippen LogP contribution in [0.5, 0.6) is 0 Å². The van der Waals surface area contributed by atoms with Crippen LogP contribution in [-0.2, 0) is 0 Å². The molecule has 0 fully saturated rings. The minimum atomic E-state index is -2.33. The Bertz CT molecular complexity index is 34.7. The molecule has 7 heavy (non-hydrogen) atoms. The predicted molar refractivity (Wildman–Crippen MR) is 7.33 cm³/mol. The average Bonchev–Trinajstić information content (AvgIpc) is 0.811. The molecule has 45 valence electrons. The minimum absolute atomic E-state index is 0. The Kier molecular flexibility index (Phi) is 59.5. The second-order valence-electron chi connectivity index (χ2n) is 0.250. The van der Waals surface area contributed by atoms with Crippen molar-refractivity contribution in [3.63, 3.8) is 0 Å². The van der Waals surface area contributed by atoms with E-state index in [0.717, 1.165) is 0 Å². The predicted octanol–water partition coefficient (Wildman–Crippen LogP) is -5.62. The van der Waals surface area contributed by atoms with Gasteiger partial charge in [0, 0.05) is 0 Å². The summed E-state index contributed by atoms with van der Waals surface area (Å²) in [5, 5.41) is 16.7. The molecule has 0 aliphatic rings. The number of carbonyl (C=O) groups is 1. The first-order valence-electron chi connectivity index (χ1n) is 0.612. The van der Waals surface area contributed by atoms with Gasteiger partial charge in [-0.3, -0.25) is 0 Å². The van der Waals surface area contributed by atoms with Gasteiger partial charge in [0.25, 0.3) is 0 Å². The van der Waals surface area contributed by atoms with E-state index in [-0.39, 0.29) is 50.1 Å². The van der Waals surface area contributed by atoms with E-state index in [1.54, 1.807) is 0 Å². The van der Waals surface area contributed by atoms with E-state index in [1.165, 1.54) is 0 Å². The van der Waals surface area contributed by atoms with Crippen LogP contribution in [-0.4, -0.2) is 11.6 Å². The van der Waals surface area contributed by atoms with Gasteiger partial charge in [0.2, 0.25) is 0 Å². The first kappa shape index (κ1) is 25.9.